The van der Waals surface area contributed by atoms with E-state index in [9.17, 15) is 0 Å². The molecule has 1 aromatic carbocycles. The van der Waals surface area contributed by atoms with E-state index < -0.39 is 34.8 Å². The molecule has 2 aliphatic heterocycles. The van der Waals surface area contributed by atoms with Crippen LogP contribution >= 0.6 is 0 Å². The average molecular weight is 568 g/mol. The Morgan fingerprint density at radius 2 is 1.39 bits per heavy atom. The second-order valence-electron chi connectivity index (χ2n) is 13.6. The van der Waals surface area contributed by atoms with Gasteiger partial charge in [-0.05, 0) is 0 Å². The van der Waals surface area contributed by atoms with Crippen LogP contribution in [0.3, 0.4) is 0 Å². The zero-order chi connectivity index (χ0) is 23.6. The molecule has 1 aromatic rings. The molecule has 3 rings (SSSR count). The van der Waals surface area contributed by atoms with Gasteiger partial charge in [-0.3, -0.25) is 0 Å². The van der Waals surface area contributed by atoms with Gasteiger partial charge in [0.15, 0.2) is 0 Å². The van der Waals surface area contributed by atoms with Crippen molar-refractivity contribution in [2.24, 2.45) is 11.8 Å². The molecule has 0 N–H and O–H groups in total. The Labute approximate surface area is 198 Å². The first-order valence-electron chi connectivity index (χ1n) is 12.4. The molecule has 31 heavy (non-hydrogen) atoms. The summed E-state index contributed by atoms with van der Waals surface area (Å²) in [5, 5.41) is 1.84. The average Bonchev–Trinajstić information content (AvgIpc) is 3.03. The van der Waals surface area contributed by atoms with E-state index in [2.05, 4.69) is 106 Å². The maximum absolute atomic E-state index is 7.17. The van der Waals surface area contributed by atoms with Crippen LogP contribution in [0, 0.1) is 11.8 Å². The van der Waals surface area contributed by atoms with Gasteiger partial charge in [-0.25, -0.2) is 0 Å². The first kappa shape index (κ1) is 26.0. The summed E-state index contributed by atoms with van der Waals surface area (Å²) in [7, 11) is -3.55. The van der Waals surface area contributed by atoms with Gasteiger partial charge in [0.1, 0.15) is 0 Å². The number of benzene rings is 1. The van der Waals surface area contributed by atoms with Gasteiger partial charge < -0.3 is 0 Å². The van der Waals surface area contributed by atoms with Crippen molar-refractivity contribution in [3.8, 4) is 0 Å². The topological polar surface area (TPSA) is 18.5 Å². The normalized spacial score (nSPS) is 34.8. The van der Waals surface area contributed by atoms with Crippen LogP contribution in [0.2, 0.25) is 55.5 Å². The van der Waals surface area contributed by atoms with E-state index in [1.165, 1.54) is 0 Å². The van der Waals surface area contributed by atoms with Crippen molar-refractivity contribution in [2.75, 3.05) is 0 Å². The molecule has 2 aliphatic rings. The number of rotatable bonds is 5. The van der Waals surface area contributed by atoms with E-state index in [4.69, 9.17) is 9.16 Å². The summed E-state index contributed by atoms with van der Waals surface area (Å²) in [5.74, 6) is 0.936. The van der Waals surface area contributed by atoms with Crippen LogP contribution in [0.25, 0.3) is 0 Å². The Bertz CT molecular complexity index is 766. The van der Waals surface area contributed by atoms with Gasteiger partial charge >= 0.3 is 200 Å². The number of hydrogen-bond donors (Lipinski definition) is 0. The number of ether oxygens (including phenoxy) is 1. The van der Waals surface area contributed by atoms with Crippen LogP contribution in [-0.2, 0) is 9.16 Å². The molecule has 2 fully saturated rings. The standard InChI is InChI=1S/C23H39O2Si2.3CH3.Sn/c1-16-19-15-20(26(6,7)18-13-11-10-12-14-18)22(24-19)17(2)21(16)25-27(8,9)23(3,4)5;;;;/h10-17,19-22H,1-9H3;3*1H3;. The van der Waals surface area contributed by atoms with Gasteiger partial charge in [-0.15, -0.1) is 0 Å². The monoisotopic (exact) mass is 568 g/mol. The Hall–Kier alpha value is 0.372. The van der Waals surface area contributed by atoms with Crippen molar-refractivity contribution < 1.29 is 9.16 Å². The summed E-state index contributed by atoms with van der Waals surface area (Å²) in [5.41, 5.74) is 0.696. The van der Waals surface area contributed by atoms with Crippen molar-refractivity contribution in [3.63, 3.8) is 0 Å². The second-order valence-corrected chi connectivity index (χ2v) is 38.5. The second kappa shape index (κ2) is 8.55. The number of fused-ring (bicyclic) bond motifs is 2. The van der Waals surface area contributed by atoms with Crippen LogP contribution in [0.15, 0.2) is 30.3 Å². The Kier molecular flexibility index (Phi) is 7.16. The van der Waals surface area contributed by atoms with Crippen LogP contribution in [-0.4, -0.2) is 53.1 Å². The summed E-state index contributed by atoms with van der Waals surface area (Å²) < 4.78 is 15.0. The van der Waals surface area contributed by atoms with Crippen LogP contribution < -0.4 is 5.19 Å². The van der Waals surface area contributed by atoms with E-state index >= 15 is 0 Å². The molecule has 2 saturated heterocycles. The fourth-order valence-electron chi connectivity index (χ4n) is 6.20. The molecule has 7 unspecified atom stereocenters. The van der Waals surface area contributed by atoms with E-state index in [1.807, 2.05) is 0 Å². The molecule has 7 atom stereocenters. The van der Waals surface area contributed by atoms with Crippen molar-refractivity contribution in [3.05, 3.63) is 30.3 Å². The minimum atomic E-state index is -2.30. The van der Waals surface area contributed by atoms with E-state index in [0.717, 1.165) is 3.93 Å². The van der Waals surface area contributed by atoms with Gasteiger partial charge in [0.2, 0.25) is 0 Å². The molecular weight excluding hydrogens is 519 g/mol. The molecule has 2 heterocycles. The molecule has 0 radical (unpaired) electrons. The fourth-order valence-corrected chi connectivity index (χ4v) is 25.8. The molecule has 0 aliphatic carbocycles. The molecule has 2 nitrogen and oxygen atoms in total. The predicted octanol–water partition coefficient (Wildman–Crippen LogP) is 7.12. The van der Waals surface area contributed by atoms with Crippen LogP contribution in [0.1, 0.15) is 34.6 Å². The third kappa shape index (κ3) is 4.67. The van der Waals surface area contributed by atoms with E-state index in [1.54, 1.807) is 5.19 Å². The quantitative estimate of drug-likeness (QED) is 0.353. The third-order valence-electron chi connectivity index (χ3n) is 9.07. The van der Waals surface area contributed by atoms with Gasteiger partial charge in [-0.1, -0.05) is 0 Å². The summed E-state index contributed by atoms with van der Waals surface area (Å²) >= 11 is -2.30. The van der Waals surface area contributed by atoms with Gasteiger partial charge in [0.05, 0.1) is 0 Å². The van der Waals surface area contributed by atoms with Crippen molar-refractivity contribution in [1.29, 1.82) is 0 Å². The Morgan fingerprint density at radius 1 is 0.871 bits per heavy atom. The molecule has 176 valence electrons. The third-order valence-corrected chi connectivity index (χ3v) is 26.3. The summed E-state index contributed by atoms with van der Waals surface area (Å²) in [6.07, 6.45) is 1.05. The molecule has 0 saturated carbocycles. The zero-order valence-corrected chi connectivity index (χ0v) is 27.1. The molecule has 2 bridgehead atoms. The number of hydrogen-bond acceptors (Lipinski definition) is 2. The summed E-state index contributed by atoms with van der Waals surface area (Å²) in [6, 6.07) is 11.4. The first-order valence-corrected chi connectivity index (χ1v) is 28.6. The molecule has 0 amide bonds. The Balaban J connectivity index is 2.05. The van der Waals surface area contributed by atoms with Gasteiger partial charge in [-0.2, -0.15) is 0 Å². The Morgan fingerprint density at radius 3 is 1.87 bits per heavy atom. The van der Waals surface area contributed by atoms with E-state index in [0.29, 0.717) is 35.7 Å². The predicted molar refractivity (Wildman–Crippen MR) is 143 cm³/mol. The van der Waals surface area contributed by atoms with Crippen molar-refractivity contribution in [1.82, 2.24) is 0 Å². The maximum atomic E-state index is 7.17. The summed E-state index contributed by atoms with van der Waals surface area (Å²) in [6.45, 7) is 22.1. The fraction of sp³-hybridized carbons (Fsp3) is 0.769. The van der Waals surface area contributed by atoms with Crippen LogP contribution in [0.5, 0.6) is 0 Å². The first-order chi connectivity index (χ1) is 14.0. The van der Waals surface area contributed by atoms with Crippen molar-refractivity contribution >= 4 is 40.0 Å². The zero-order valence-electron chi connectivity index (χ0n) is 22.2. The molecule has 0 aromatic heterocycles. The van der Waals surface area contributed by atoms with E-state index in [-0.39, 0.29) is 5.04 Å². The van der Waals surface area contributed by atoms with Gasteiger partial charge in [0, 0.05) is 0 Å². The molecular formula is C26H48O2Si2Sn. The van der Waals surface area contributed by atoms with Crippen LogP contribution in [0.4, 0.5) is 0 Å². The van der Waals surface area contributed by atoms with Gasteiger partial charge in [0.25, 0.3) is 0 Å². The molecule has 5 heteroatoms. The molecule has 0 spiro atoms. The summed E-state index contributed by atoms with van der Waals surface area (Å²) in [4.78, 5) is 7.94. The SMILES string of the molecule is CC1C(O[Si](C)(C)C(C)(C)C)C(C)C2OC1C([Si](C)(C)c1ccccc1)[CH]2[Sn]([CH3])([CH3])[CH3]. The van der Waals surface area contributed by atoms with Crippen molar-refractivity contribution in [2.45, 2.75) is 108 Å². The minimum absolute atomic E-state index is 0.240.